The number of imidazole rings is 1. The number of carbonyl (C=O) groups is 2. The van der Waals surface area contributed by atoms with E-state index in [0.717, 1.165) is 11.6 Å². The van der Waals surface area contributed by atoms with Gasteiger partial charge in [0.25, 0.3) is 5.91 Å². The fourth-order valence-corrected chi connectivity index (χ4v) is 3.02. The van der Waals surface area contributed by atoms with Gasteiger partial charge in [-0.25, -0.2) is 9.78 Å². The highest BCUT2D eigenvalue weighted by Gasteiger charge is 2.33. The van der Waals surface area contributed by atoms with Crippen molar-refractivity contribution in [3.63, 3.8) is 0 Å². The molecule has 0 aliphatic rings. The Kier molecular flexibility index (Phi) is 6.47. The highest BCUT2D eigenvalue weighted by Crippen LogP contribution is 2.34. The molecule has 0 aliphatic carbocycles. The number of nitrogens with zero attached hydrogens (tertiary/aromatic N) is 2. The molecule has 10 heteroatoms. The van der Waals surface area contributed by atoms with E-state index in [0.29, 0.717) is 17.6 Å². The molecule has 0 fully saturated rings. The molecule has 3 amide bonds. The molecule has 0 bridgehead atoms. The van der Waals surface area contributed by atoms with Gasteiger partial charge in [0.05, 0.1) is 28.6 Å². The number of anilines is 1. The number of fused-ring (bicyclic) bond motifs is 1. The summed E-state index contributed by atoms with van der Waals surface area (Å²) in [5.41, 5.74) is 0.661. The van der Waals surface area contributed by atoms with Crippen molar-refractivity contribution in [3.05, 3.63) is 59.9 Å². The van der Waals surface area contributed by atoms with Gasteiger partial charge in [0.2, 0.25) is 0 Å². The first-order valence-corrected chi connectivity index (χ1v) is 9.62. The molecule has 3 N–H and O–H groups in total. The van der Waals surface area contributed by atoms with E-state index >= 15 is 0 Å². The Morgan fingerprint density at radius 1 is 1.13 bits per heavy atom. The Bertz CT molecular complexity index is 1090. The quantitative estimate of drug-likeness (QED) is 0.549. The van der Waals surface area contributed by atoms with E-state index in [1.54, 1.807) is 29.1 Å². The monoisotopic (exact) mass is 433 g/mol. The number of urea groups is 1. The number of nitrogens with one attached hydrogen (secondary N) is 3. The van der Waals surface area contributed by atoms with E-state index in [9.17, 15) is 22.8 Å². The van der Waals surface area contributed by atoms with E-state index in [2.05, 4.69) is 20.9 Å². The van der Waals surface area contributed by atoms with E-state index in [-0.39, 0.29) is 24.2 Å². The van der Waals surface area contributed by atoms with Crippen LogP contribution in [0.4, 0.5) is 23.7 Å². The van der Waals surface area contributed by atoms with Crippen LogP contribution < -0.4 is 16.0 Å². The number of carbonyl (C=O) groups excluding carboxylic acids is 2. The molecule has 3 rings (SSSR count). The molecule has 1 aromatic heterocycles. The molecule has 0 radical (unpaired) electrons. The lowest BCUT2D eigenvalue weighted by Crippen LogP contribution is -2.32. The summed E-state index contributed by atoms with van der Waals surface area (Å²) in [5.74, 6) is -0.191. The predicted octanol–water partition coefficient (Wildman–Crippen LogP) is 4.02. The van der Waals surface area contributed by atoms with Crippen LogP contribution in [0, 0.1) is 0 Å². The number of benzene rings is 2. The number of para-hydroxylation sites is 1. The van der Waals surface area contributed by atoms with Crippen LogP contribution in [0.3, 0.4) is 0 Å². The molecule has 0 saturated carbocycles. The number of hydrogen-bond donors (Lipinski definition) is 3. The van der Waals surface area contributed by atoms with E-state index in [4.69, 9.17) is 0 Å². The highest BCUT2D eigenvalue weighted by molar-refractivity contribution is 5.97. The van der Waals surface area contributed by atoms with Crippen LogP contribution in [-0.2, 0) is 12.7 Å². The summed E-state index contributed by atoms with van der Waals surface area (Å²) >= 11 is 0. The maximum Gasteiger partial charge on any atom is 0.418 e. The molecule has 3 aromatic rings. The van der Waals surface area contributed by atoms with Crippen molar-refractivity contribution in [1.82, 2.24) is 20.2 Å². The summed E-state index contributed by atoms with van der Waals surface area (Å²) in [5, 5.41) is 7.58. The zero-order valence-electron chi connectivity index (χ0n) is 17.0. The Hall–Kier alpha value is -3.56. The summed E-state index contributed by atoms with van der Waals surface area (Å²) in [6, 6.07) is 9.17. The standard InChI is InChI=1S/C21H22F3N5O2/c1-13(2)27-19(30)14-7-8-18-17(11-14)26-12-29(18)10-9-25-20(31)28-16-6-4-3-5-15(16)21(22,23)24/h3-8,11-13H,9-10H2,1-2H3,(H,27,30)(H2,25,28,31). The molecule has 0 saturated heterocycles. The molecule has 0 atom stereocenters. The summed E-state index contributed by atoms with van der Waals surface area (Å²) in [6.45, 7) is 4.26. The summed E-state index contributed by atoms with van der Waals surface area (Å²) in [6.07, 6.45) is -2.99. The molecule has 0 unspecified atom stereocenters. The molecular weight excluding hydrogens is 411 g/mol. The number of hydrogen-bond acceptors (Lipinski definition) is 3. The van der Waals surface area contributed by atoms with E-state index in [1.165, 1.54) is 18.2 Å². The Balaban J connectivity index is 1.60. The van der Waals surface area contributed by atoms with Crippen LogP contribution in [-0.4, -0.2) is 34.1 Å². The van der Waals surface area contributed by atoms with Gasteiger partial charge in [0.15, 0.2) is 0 Å². The van der Waals surface area contributed by atoms with Crippen molar-refractivity contribution in [1.29, 1.82) is 0 Å². The summed E-state index contributed by atoms with van der Waals surface area (Å²) in [7, 11) is 0. The maximum absolute atomic E-state index is 13.0. The third kappa shape index (κ3) is 5.53. The zero-order chi connectivity index (χ0) is 22.6. The SMILES string of the molecule is CC(C)NC(=O)c1ccc2c(c1)ncn2CCNC(=O)Nc1ccccc1C(F)(F)F. The van der Waals surface area contributed by atoms with Crippen molar-refractivity contribution >= 4 is 28.7 Å². The maximum atomic E-state index is 13.0. The summed E-state index contributed by atoms with van der Waals surface area (Å²) < 4.78 is 40.8. The lowest BCUT2D eigenvalue weighted by molar-refractivity contribution is -0.136. The lowest BCUT2D eigenvalue weighted by Gasteiger charge is -2.14. The molecule has 0 aliphatic heterocycles. The molecule has 1 heterocycles. The second-order valence-electron chi connectivity index (χ2n) is 7.19. The average molecular weight is 433 g/mol. The topological polar surface area (TPSA) is 88.1 Å². The molecular formula is C21H22F3N5O2. The van der Waals surface area contributed by atoms with Gasteiger partial charge in [0.1, 0.15) is 0 Å². The second kappa shape index (κ2) is 9.07. The Labute approximate surface area is 176 Å². The second-order valence-corrected chi connectivity index (χ2v) is 7.19. The van der Waals surface area contributed by atoms with Crippen LogP contribution in [0.15, 0.2) is 48.8 Å². The van der Waals surface area contributed by atoms with Gasteiger partial charge >= 0.3 is 12.2 Å². The van der Waals surface area contributed by atoms with Gasteiger partial charge in [0, 0.05) is 24.7 Å². The lowest BCUT2D eigenvalue weighted by atomic mass is 10.1. The number of aromatic nitrogens is 2. The van der Waals surface area contributed by atoms with E-state index in [1.807, 2.05) is 13.8 Å². The van der Waals surface area contributed by atoms with Crippen molar-refractivity contribution in [2.24, 2.45) is 0 Å². The van der Waals surface area contributed by atoms with Crippen LogP contribution in [0.5, 0.6) is 0 Å². The smallest absolute Gasteiger partial charge is 0.350 e. The van der Waals surface area contributed by atoms with E-state index < -0.39 is 17.8 Å². The molecule has 0 spiro atoms. The third-order valence-corrected chi connectivity index (χ3v) is 4.42. The van der Waals surface area contributed by atoms with Gasteiger partial charge in [-0.3, -0.25) is 4.79 Å². The zero-order valence-corrected chi connectivity index (χ0v) is 17.0. The minimum atomic E-state index is -4.56. The van der Waals surface area contributed by atoms with Crippen LogP contribution in [0.2, 0.25) is 0 Å². The summed E-state index contributed by atoms with van der Waals surface area (Å²) in [4.78, 5) is 28.4. The van der Waals surface area contributed by atoms with Gasteiger partial charge in [-0.1, -0.05) is 12.1 Å². The first-order valence-electron chi connectivity index (χ1n) is 9.62. The normalized spacial score (nSPS) is 11.5. The first kappa shape index (κ1) is 22.1. The Morgan fingerprint density at radius 3 is 2.58 bits per heavy atom. The van der Waals surface area contributed by atoms with Gasteiger partial charge in [-0.2, -0.15) is 13.2 Å². The Morgan fingerprint density at radius 2 is 1.87 bits per heavy atom. The molecule has 164 valence electrons. The van der Waals surface area contributed by atoms with Crippen molar-refractivity contribution in [2.45, 2.75) is 32.6 Å². The van der Waals surface area contributed by atoms with Gasteiger partial charge < -0.3 is 20.5 Å². The van der Waals surface area contributed by atoms with Crippen LogP contribution in [0.25, 0.3) is 11.0 Å². The fourth-order valence-electron chi connectivity index (χ4n) is 3.02. The minimum absolute atomic E-state index is 0.0149. The van der Waals surface area contributed by atoms with Crippen molar-refractivity contribution in [2.75, 3.05) is 11.9 Å². The van der Waals surface area contributed by atoms with Crippen molar-refractivity contribution in [3.8, 4) is 0 Å². The number of halogens is 3. The number of rotatable bonds is 6. The van der Waals surface area contributed by atoms with Crippen molar-refractivity contribution < 1.29 is 22.8 Å². The van der Waals surface area contributed by atoms with Crippen LogP contribution in [0.1, 0.15) is 29.8 Å². The number of amides is 3. The third-order valence-electron chi connectivity index (χ3n) is 4.42. The molecule has 31 heavy (non-hydrogen) atoms. The largest absolute Gasteiger partial charge is 0.418 e. The van der Waals surface area contributed by atoms with Crippen LogP contribution >= 0.6 is 0 Å². The van der Waals surface area contributed by atoms with Gasteiger partial charge in [-0.05, 0) is 44.2 Å². The average Bonchev–Trinajstić information content (AvgIpc) is 3.09. The fraction of sp³-hybridized carbons (Fsp3) is 0.286. The molecule has 7 nitrogen and oxygen atoms in total. The predicted molar refractivity (Wildman–Crippen MR) is 111 cm³/mol. The highest BCUT2D eigenvalue weighted by atomic mass is 19.4. The first-order chi connectivity index (χ1) is 14.6. The van der Waals surface area contributed by atoms with Gasteiger partial charge in [-0.15, -0.1) is 0 Å². The molecule has 2 aromatic carbocycles. The number of alkyl halides is 3. The minimum Gasteiger partial charge on any atom is -0.350 e.